The SMILES string of the molecule is CCCS(=O)(=O)NC1CC(N(C)c2cccc3[nH]ccc23)C1.[HH].[HH]. The Hall–Kier alpha value is -1.53. The van der Waals surface area contributed by atoms with Gasteiger partial charge in [-0.05, 0) is 37.5 Å². The number of nitrogens with zero attached hydrogens (tertiary/aromatic N) is 1. The maximum Gasteiger partial charge on any atom is 0.211 e. The predicted octanol–water partition coefficient (Wildman–Crippen LogP) is 2.96. The molecular formula is C16H27N3O2S. The van der Waals surface area contributed by atoms with Crippen molar-refractivity contribution in [3.63, 3.8) is 0 Å². The van der Waals surface area contributed by atoms with Crippen LogP contribution in [-0.2, 0) is 10.0 Å². The lowest BCUT2D eigenvalue weighted by Crippen LogP contribution is -2.53. The highest BCUT2D eigenvalue weighted by atomic mass is 32.2. The molecule has 1 aromatic carbocycles. The van der Waals surface area contributed by atoms with Gasteiger partial charge in [-0.15, -0.1) is 0 Å². The quantitative estimate of drug-likeness (QED) is 0.858. The first-order valence-corrected chi connectivity index (χ1v) is 9.44. The number of fused-ring (bicyclic) bond motifs is 1. The Labute approximate surface area is 134 Å². The molecule has 1 heterocycles. The molecule has 1 saturated carbocycles. The van der Waals surface area contributed by atoms with Crippen molar-refractivity contribution in [3.05, 3.63) is 30.5 Å². The second-order valence-electron chi connectivity index (χ2n) is 6.09. The van der Waals surface area contributed by atoms with Gasteiger partial charge in [0.15, 0.2) is 0 Å². The monoisotopic (exact) mass is 325 g/mol. The number of hydrogen-bond acceptors (Lipinski definition) is 3. The maximum atomic E-state index is 11.8. The van der Waals surface area contributed by atoms with Crippen molar-refractivity contribution in [1.29, 1.82) is 0 Å². The highest BCUT2D eigenvalue weighted by molar-refractivity contribution is 7.89. The normalized spacial score (nSPS) is 21.7. The summed E-state index contributed by atoms with van der Waals surface area (Å²) in [5.41, 5.74) is 2.32. The molecule has 0 spiro atoms. The zero-order valence-electron chi connectivity index (χ0n) is 13.0. The predicted molar refractivity (Wildman–Crippen MR) is 95.0 cm³/mol. The standard InChI is InChI=1S/C16H23N3O2S.2H2/c1-3-9-22(20,21)18-12-10-13(11-12)19(2)16-6-4-5-15-14(16)7-8-17-15;;/h4-8,12-13,17-18H,3,9-11H2,1-2H3;2*1H. The van der Waals surface area contributed by atoms with Crippen molar-refractivity contribution in [2.75, 3.05) is 17.7 Å². The Morgan fingerprint density at radius 2 is 2.14 bits per heavy atom. The summed E-state index contributed by atoms with van der Waals surface area (Å²) in [6.45, 7) is 1.88. The van der Waals surface area contributed by atoms with Crippen LogP contribution in [0, 0.1) is 0 Å². The maximum absolute atomic E-state index is 11.8. The molecule has 2 N–H and O–H groups in total. The number of benzene rings is 1. The Kier molecular flexibility index (Phi) is 4.14. The Balaban J connectivity index is 0.00000144. The zero-order valence-corrected chi connectivity index (χ0v) is 13.9. The third-order valence-electron chi connectivity index (χ3n) is 4.43. The van der Waals surface area contributed by atoms with Crippen LogP contribution in [0.4, 0.5) is 5.69 Å². The summed E-state index contributed by atoms with van der Waals surface area (Å²) in [5.74, 6) is 0.215. The molecule has 1 aromatic heterocycles. The first-order valence-electron chi connectivity index (χ1n) is 7.79. The van der Waals surface area contributed by atoms with Gasteiger partial charge in [0.05, 0.1) is 5.75 Å². The van der Waals surface area contributed by atoms with E-state index in [-0.39, 0.29) is 14.6 Å². The molecule has 0 saturated heterocycles. The Morgan fingerprint density at radius 1 is 1.36 bits per heavy atom. The van der Waals surface area contributed by atoms with Gasteiger partial charge in [0.1, 0.15) is 0 Å². The van der Waals surface area contributed by atoms with Gasteiger partial charge >= 0.3 is 0 Å². The van der Waals surface area contributed by atoms with Crippen LogP contribution in [0.1, 0.15) is 29.0 Å². The lowest BCUT2D eigenvalue weighted by molar-refractivity contribution is 0.317. The van der Waals surface area contributed by atoms with E-state index >= 15 is 0 Å². The van der Waals surface area contributed by atoms with Crippen molar-refractivity contribution < 1.29 is 11.3 Å². The summed E-state index contributed by atoms with van der Waals surface area (Å²) >= 11 is 0. The first kappa shape index (κ1) is 15.4. The summed E-state index contributed by atoms with van der Waals surface area (Å²) in [6, 6.07) is 8.77. The number of hydrogen-bond donors (Lipinski definition) is 2. The summed E-state index contributed by atoms with van der Waals surface area (Å²) in [6.07, 6.45) is 4.33. The topological polar surface area (TPSA) is 65.2 Å². The number of rotatable bonds is 6. The molecule has 5 nitrogen and oxygen atoms in total. The van der Waals surface area contributed by atoms with Crippen LogP contribution >= 0.6 is 0 Å². The van der Waals surface area contributed by atoms with Crippen molar-refractivity contribution in [3.8, 4) is 0 Å². The van der Waals surface area contributed by atoms with Gasteiger partial charge in [0.2, 0.25) is 10.0 Å². The van der Waals surface area contributed by atoms with Crippen molar-refractivity contribution in [1.82, 2.24) is 9.71 Å². The molecule has 1 fully saturated rings. The molecule has 3 rings (SSSR count). The highest BCUT2D eigenvalue weighted by Gasteiger charge is 2.34. The van der Waals surface area contributed by atoms with E-state index in [0.717, 1.165) is 18.4 Å². The molecule has 1 aliphatic carbocycles. The van der Waals surface area contributed by atoms with E-state index < -0.39 is 10.0 Å². The summed E-state index contributed by atoms with van der Waals surface area (Å²) < 4.78 is 26.4. The minimum Gasteiger partial charge on any atom is -0.371 e. The van der Waals surface area contributed by atoms with E-state index in [1.807, 2.05) is 19.2 Å². The van der Waals surface area contributed by atoms with E-state index in [9.17, 15) is 8.42 Å². The molecular weight excluding hydrogens is 298 g/mol. The molecule has 6 heteroatoms. The molecule has 0 bridgehead atoms. The van der Waals surface area contributed by atoms with Gasteiger partial charge in [-0.3, -0.25) is 0 Å². The lowest BCUT2D eigenvalue weighted by atomic mass is 9.86. The molecule has 124 valence electrons. The minimum atomic E-state index is -3.10. The van der Waals surface area contributed by atoms with Crippen LogP contribution in [0.3, 0.4) is 0 Å². The third-order valence-corrected chi connectivity index (χ3v) is 6.07. The van der Waals surface area contributed by atoms with Gasteiger partial charge < -0.3 is 9.88 Å². The second-order valence-corrected chi connectivity index (χ2v) is 7.96. The largest absolute Gasteiger partial charge is 0.371 e. The smallest absolute Gasteiger partial charge is 0.211 e. The van der Waals surface area contributed by atoms with Crippen LogP contribution in [0.2, 0.25) is 0 Å². The highest BCUT2D eigenvalue weighted by Crippen LogP contribution is 2.33. The first-order chi connectivity index (χ1) is 10.5. The number of aromatic nitrogens is 1. The molecule has 0 amide bonds. The molecule has 0 aliphatic heterocycles. The summed E-state index contributed by atoms with van der Waals surface area (Å²) in [5, 5.41) is 1.21. The number of aromatic amines is 1. The van der Waals surface area contributed by atoms with E-state index in [2.05, 4.69) is 39.9 Å². The Morgan fingerprint density at radius 3 is 2.86 bits per heavy atom. The van der Waals surface area contributed by atoms with Gasteiger partial charge in [0.25, 0.3) is 0 Å². The molecule has 0 atom stereocenters. The second kappa shape index (κ2) is 5.93. The minimum absolute atomic E-state index is 0. The molecule has 0 unspecified atom stereocenters. The Bertz CT molecular complexity index is 758. The molecule has 22 heavy (non-hydrogen) atoms. The van der Waals surface area contributed by atoms with Crippen molar-refractivity contribution in [2.24, 2.45) is 0 Å². The van der Waals surface area contributed by atoms with Gasteiger partial charge in [-0.1, -0.05) is 13.0 Å². The molecule has 2 aromatic rings. The number of H-pyrrole nitrogens is 1. The fourth-order valence-electron chi connectivity index (χ4n) is 3.15. The number of anilines is 1. The summed E-state index contributed by atoms with van der Waals surface area (Å²) in [4.78, 5) is 5.49. The van der Waals surface area contributed by atoms with Gasteiger partial charge in [0, 0.05) is 44.8 Å². The van der Waals surface area contributed by atoms with Crippen LogP contribution in [-0.4, -0.2) is 38.3 Å². The number of sulfonamides is 1. The van der Waals surface area contributed by atoms with Crippen molar-refractivity contribution >= 4 is 26.6 Å². The van der Waals surface area contributed by atoms with E-state index in [1.165, 1.54) is 11.1 Å². The van der Waals surface area contributed by atoms with E-state index in [1.54, 1.807) is 0 Å². The average Bonchev–Trinajstić information content (AvgIpc) is 2.89. The van der Waals surface area contributed by atoms with Crippen LogP contribution in [0.15, 0.2) is 30.5 Å². The van der Waals surface area contributed by atoms with E-state index in [4.69, 9.17) is 0 Å². The van der Waals surface area contributed by atoms with Gasteiger partial charge in [-0.2, -0.15) is 0 Å². The van der Waals surface area contributed by atoms with Gasteiger partial charge in [-0.25, -0.2) is 13.1 Å². The fourth-order valence-corrected chi connectivity index (χ4v) is 4.51. The average molecular weight is 325 g/mol. The lowest BCUT2D eigenvalue weighted by Gasteiger charge is -2.42. The van der Waals surface area contributed by atoms with Crippen molar-refractivity contribution in [2.45, 2.75) is 38.3 Å². The fraction of sp³-hybridized carbons (Fsp3) is 0.500. The number of nitrogens with one attached hydrogen (secondary N) is 2. The zero-order chi connectivity index (χ0) is 15.7. The van der Waals surface area contributed by atoms with Crippen LogP contribution < -0.4 is 9.62 Å². The molecule has 1 aliphatic rings. The third kappa shape index (κ3) is 2.98. The van der Waals surface area contributed by atoms with Crippen LogP contribution in [0.25, 0.3) is 10.9 Å². The van der Waals surface area contributed by atoms with E-state index in [0.29, 0.717) is 12.5 Å². The summed E-state index contributed by atoms with van der Waals surface area (Å²) in [7, 11) is -1.02. The molecule has 0 radical (unpaired) electrons. The van der Waals surface area contributed by atoms with Crippen LogP contribution in [0.5, 0.6) is 0 Å².